The van der Waals surface area contributed by atoms with Gasteiger partial charge in [-0.2, -0.15) is 0 Å². The summed E-state index contributed by atoms with van der Waals surface area (Å²) in [4.78, 5) is 55.3. The quantitative estimate of drug-likeness (QED) is 0.303. The molecule has 0 aliphatic carbocycles. The summed E-state index contributed by atoms with van der Waals surface area (Å²) in [6.45, 7) is -0.0548. The van der Waals surface area contributed by atoms with E-state index in [2.05, 4.69) is 15.9 Å². The van der Waals surface area contributed by atoms with E-state index in [0.29, 0.717) is 21.4 Å². The molecule has 0 unspecified atom stereocenters. The third kappa shape index (κ3) is 3.59. The molecule has 42 heavy (non-hydrogen) atoms. The highest BCUT2D eigenvalue weighted by atomic mass is 79.9. The van der Waals surface area contributed by atoms with Crippen LogP contribution in [0.25, 0.3) is 11.4 Å². The Morgan fingerprint density at radius 1 is 0.786 bits per heavy atom. The second kappa shape index (κ2) is 9.52. The van der Waals surface area contributed by atoms with Crippen molar-refractivity contribution in [3.8, 4) is 22.9 Å². The molecule has 0 bridgehead atoms. The first-order chi connectivity index (χ1) is 20.3. The first kappa shape index (κ1) is 25.9. The van der Waals surface area contributed by atoms with Crippen molar-refractivity contribution in [1.29, 1.82) is 0 Å². The molecule has 2 atom stereocenters. The highest BCUT2D eigenvalue weighted by molar-refractivity contribution is 9.10. The summed E-state index contributed by atoms with van der Waals surface area (Å²) < 4.78 is 13.3. The zero-order valence-corrected chi connectivity index (χ0v) is 23.7. The number of hydrogen-bond acceptors (Lipinski definition) is 6. The number of ether oxygens (including phenoxy) is 1. The molecule has 2 aliphatic heterocycles. The summed E-state index contributed by atoms with van der Waals surface area (Å²) in [5.74, 6) is -0.0607. The van der Waals surface area contributed by atoms with E-state index in [1.807, 2.05) is 0 Å². The Labute approximate surface area is 244 Å². The van der Waals surface area contributed by atoms with Crippen LogP contribution in [-0.2, 0) is 13.1 Å². The Morgan fingerprint density at radius 3 is 1.95 bits per heavy atom. The highest BCUT2D eigenvalue weighted by Crippen LogP contribution is 2.45. The topological polar surface area (TPSA) is 127 Å². The molecule has 2 aromatic heterocycles. The number of phenolic OH excluding ortho intramolecular Hbond substituents is 1. The van der Waals surface area contributed by atoms with Crippen LogP contribution in [0.3, 0.4) is 0 Å². The lowest BCUT2D eigenvalue weighted by atomic mass is 9.89. The number of nitrogens with zero attached hydrogens (tertiary/aromatic N) is 6. The number of hydrogen-bond donors (Lipinski definition) is 1. The van der Waals surface area contributed by atoms with Crippen molar-refractivity contribution in [2.45, 2.75) is 25.2 Å². The molecule has 0 saturated carbocycles. The summed E-state index contributed by atoms with van der Waals surface area (Å²) >= 11 is 3.46. The number of halogens is 1. The maximum atomic E-state index is 14.0. The molecular weight excluding hydrogens is 608 g/mol. The lowest BCUT2D eigenvalue weighted by Gasteiger charge is -2.38. The molecule has 12 nitrogen and oxygen atoms in total. The molecule has 212 valence electrons. The van der Waals surface area contributed by atoms with E-state index in [-0.39, 0.29) is 30.2 Å². The molecule has 4 heterocycles. The zero-order chi connectivity index (χ0) is 29.3. The van der Waals surface area contributed by atoms with Gasteiger partial charge in [0, 0.05) is 10.0 Å². The van der Waals surface area contributed by atoms with Crippen LogP contribution in [0.1, 0.15) is 17.6 Å². The fourth-order valence-electron chi connectivity index (χ4n) is 5.99. The number of rotatable bonds is 4. The first-order valence-corrected chi connectivity index (χ1v) is 13.9. The second-order valence-electron chi connectivity index (χ2n) is 9.99. The maximum absolute atomic E-state index is 14.0. The van der Waals surface area contributed by atoms with Gasteiger partial charge in [-0.15, -0.1) is 0 Å². The van der Waals surface area contributed by atoms with Crippen LogP contribution in [0.4, 0.5) is 0 Å². The largest absolute Gasteiger partial charge is 0.504 e. The summed E-state index contributed by atoms with van der Waals surface area (Å²) in [6.07, 6.45) is 1.78. The third-order valence-electron chi connectivity index (χ3n) is 7.82. The molecule has 13 heteroatoms. The number of benzene rings is 3. The van der Waals surface area contributed by atoms with Crippen LogP contribution in [0.2, 0.25) is 0 Å². The number of para-hydroxylation sites is 2. The van der Waals surface area contributed by atoms with E-state index in [1.54, 1.807) is 78.9 Å². The van der Waals surface area contributed by atoms with Crippen molar-refractivity contribution in [1.82, 2.24) is 27.9 Å². The lowest BCUT2D eigenvalue weighted by molar-refractivity contribution is 0.243. The molecular formula is C29H23BrN6O6. The SMILES string of the molecule is COc1cc(Br)cc([C@H]2C3=CCn4c(=O)n(-c5ccccc5)c(=O)n4[C@@H]3Cn3c(=O)n(-c4ccccc4)c(=O)n32)c1O. The number of aromatic nitrogens is 6. The monoisotopic (exact) mass is 630 g/mol. The molecule has 3 aromatic carbocycles. The number of methoxy groups -OCH3 is 1. The van der Waals surface area contributed by atoms with Gasteiger partial charge in [0.1, 0.15) is 6.04 Å². The number of allylic oxidation sites excluding steroid dienone is 2. The average molecular weight is 631 g/mol. The van der Waals surface area contributed by atoms with E-state index < -0.39 is 34.8 Å². The van der Waals surface area contributed by atoms with Gasteiger partial charge in [-0.3, -0.25) is 0 Å². The highest BCUT2D eigenvalue weighted by Gasteiger charge is 2.42. The third-order valence-corrected chi connectivity index (χ3v) is 8.28. The van der Waals surface area contributed by atoms with Crippen molar-refractivity contribution in [3.05, 3.63) is 136 Å². The fraction of sp³-hybridized carbons (Fsp3) is 0.172. The minimum atomic E-state index is -1.00. The Bertz CT molecular complexity index is 2150. The Hall–Kier alpha value is -5.04. The fourth-order valence-corrected chi connectivity index (χ4v) is 6.44. The number of aromatic hydroxyl groups is 1. The Balaban J connectivity index is 1.53. The van der Waals surface area contributed by atoms with Crippen molar-refractivity contribution < 1.29 is 9.84 Å². The summed E-state index contributed by atoms with van der Waals surface area (Å²) in [7, 11) is 1.41. The summed E-state index contributed by atoms with van der Waals surface area (Å²) in [5, 5.41) is 11.3. The molecule has 5 aromatic rings. The van der Waals surface area contributed by atoms with Crippen LogP contribution in [-0.4, -0.2) is 40.1 Å². The van der Waals surface area contributed by atoms with Crippen molar-refractivity contribution in [3.63, 3.8) is 0 Å². The van der Waals surface area contributed by atoms with E-state index in [4.69, 9.17) is 4.74 Å². The molecule has 0 amide bonds. The molecule has 0 spiro atoms. The van der Waals surface area contributed by atoms with Gasteiger partial charge in [-0.25, -0.2) is 47.0 Å². The molecule has 0 saturated heterocycles. The number of phenols is 1. The van der Waals surface area contributed by atoms with Crippen LogP contribution < -0.4 is 27.5 Å². The molecule has 7 rings (SSSR count). The molecule has 2 aliphatic rings. The van der Waals surface area contributed by atoms with Gasteiger partial charge in [-0.05, 0) is 42.0 Å². The van der Waals surface area contributed by atoms with Crippen LogP contribution in [0.15, 0.2) is 108 Å². The standard InChI is InChI=1S/C29H23BrN6O6/c1-42-23-15-17(30)14-21(25(23)37)24-20-12-13-31-26(38)33(18-8-4-2-5-9-18)28(40)35(31)22(20)16-32-27(39)34(29(41)36(24)32)19-10-6-3-7-11-19/h2-12,14-15,22,24,37H,13,16H2,1H3/t22-,24-/m1/s1. The Morgan fingerprint density at radius 2 is 1.36 bits per heavy atom. The van der Waals surface area contributed by atoms with E-state index in [0.717, 1.165) is 9.13 Å². The van der Waals surface area contributed by atoms with Crippen molar-refractivity contribution in [2.24, 2.45) is 0 Å². The molecule has 0 radical (unpaired) electrons. The lowest BCUT2D eigenvalue weighted by Crippen LogP contribution is -2.47. The van der Waals surface area contributed by atoms with Crippen LogP contribution in [0.5, 0.6) is 11.5 Å². The number of fused-ring (bicyclic) bond motifs is 4. The maximum Gasteiger partial charge on any atom is 0.352 e. The van der Waals surface area contributed by atoms with Gasteiger partial charge < -0.3 is 9.84 Å². The van der Waals surface area contributed by atoms with Gasteiger partial charge in [0.25, 0.3) is 0 Å². The normalized spacial score (nSPS) is 17.2. The van der Waals surface area contributed by atoms with Crippen molar-refractivity contribution >= 4 is 15.9 Å². The van der Waals surface area contributed by atoms with Gasteiger partial charge in [0.15, 0.2) is 11.5 Å². The van der Waals surface area contributed by atoms with Crippen LogP contribution in [0, 0.1) is 0 Å². The van der Waals surface area contributed by atoms with E-state index in [1.165, 1.54) is 25.8 Å². The van der Waals surface area contributed by atoms with Crippen LogP contribution >= 0.6 is 15.9 Å². The minimum Gasteiger partial charge on any atom is -0.504 e. The summed E-state index contributed by atoms with van der Waals surface area (Å²) in [5.41, 5.74) is -0.704. The smallest absolute Gasteiger partial charge is 0.352 e. The average Bonchev–Trinajstić information content (AvgIpc) is 3.41. The summed E-state index contributed by atoms with van der Waals surface area (Å²) in [6, 6.07) is 18.5. The van der Waals surface area contributed by atoms with Gasteiger partial charge in [0.2, 0.25) is 0 Å². The van der Waals surface area contributed by atoms with Gasteiger partial charge in [0.05, 0.1) is 37.6 Å². The van der Waals surface area contributed by atoms with E-state index in [9.17, 15) is 24.3 Å². The zero-order valence-electron chi connectivity index (χ0n) is 22.1. The van der Waals surface area contributed by atoms with Gasteiger partial charge >= 0.3 is 22.8 Å². The molecule has 0 fully saturated rings. The minimum absolute atomic E-state index is 0.0422. The predicted octanol–water partition coefficient (Wildman–Crippen LogP) is 2.18. The first-order valence-electron chi connectivity index (χ1n) is 13.1. The van der Waals surface area contributed by atoms with Crippen molar-refractivity contribution in [2.75, 3.05) is 7.11 Å². The van der Waals surface area contributed by atoms with E-state index >= 15 is 0 Å². The second-order valence-corrected chi connectivity index (χ2v) is 10.9. The van der Waals surface area contributed by atoms with Gasteiger partial charge in [-0.1, -0.05) is 58.4 Å². The molecule has 1 N–H and O–H groups in total. The Kier molecular flexibility index (Phi) is 5.87. The predicted molar refractivity (Wildman–Crippen MR) is 156 cm³/mol.